The molecule has 0 bridgehead atoms. The Kier molecular flexibility index (Phi) is 4.31. The fourth-order valence-electron chi connectivity index (χ4n) is 3.19. The summed E-state index contributed by atoms with van der Waals surface area (Å²) in [7, 11) is 4.54. The molecule has 28 heavy (non-hydrogen) atoms. The summed E-state index contributed by atoms with van der Waals surface area (Å²) in [6, 6.07) is 8.47. The van der Waals surface area contributed by atoms with Crippen LogP contribution in [0.1, 0.15) is 10.5 Å². The van der Waals surface area contributed by atoms with Crippen LogP contribution in [0.25, 0.3) is 22.0 Å². The van der Waals surface area contributed by atoms with Crippen LogP contribution in [0, 0.1) is 0 Å². The molecular weight excluding hydrogens is 366 g/mol. The Morgan fingerprint density at radius 2 is 1.61 bits per heavy atom. The van der Waals surface area contributed by atoms with Crippen molar-refractivity contribution in [3.05, 3.63) is 36.0 Å². The predicted molar refractivity (Wildman–Crippen MR) is 99.9 cm³/mol. The third-order valence-corrected chi connectivity index (χ3v) is 4.48. The van der Waals surface area contributed by atoms with Crippen molar-refractivity contribution in [2.24, 2.45) is 0 Å². The first kappa shape index (κ1) is 17.7. The number of nitrogens with zero attached hydrogens (tertiary/aromatic N) is 1. The molecule has 1 N–H and O–H groups in total. The first-order valence-electron chi connectivity index (χ1n) is 8.33. The highest BCUT2D eigenvalue weighted by Crippen LogP contribution is 2.44. The lowest BCUT2D eigenvalue weighted by molar-refractivity contribution is 0.0691. The minimum Gasteiger partial charge on any atom is -0.493 e. The molecule has 0 unspecified atom stereocenters. The summed E-state index contributed by atoms with van der Waals surface area (Å²) in [5.41, 5.74) is 0.976. The van der Waals surface area contributed by atoms with Gasteiger partial charge in [-0.1, -0.05) is 0 Å². The quantitative estimate of drug-likeness (QED) is 0.717. The van der Waals surface area contributed by atoms with Gasteiger partial charge in [0.25, 0.3) is 0 Å². The molecule has 144 valence electrons. The van der Waals surface area contributed by atoms with Crippen LogP contribution in [0.5, 0.6) is 28.7 Å². The van der Waals surface area contributed by atoms with Gasteiger partial charge in [-0.25, -0.2) is 9.78 Å². The Hall–Kier alpha value is -3.68. The molecule has 0 radical (unpaired) electrons. The Morgan fingerprint density at radius 3 is 2.18 bits per heavy atom. The van der Waals surface area contributed by atoms with Gasteiger partial charge in [0.05, 0.1) is 27.0 Å². The van der Waals surface area contributed by atoms with E-state index in [4.69, 9.17) is 23.7 Å². The second-order valence-corrected chi connectivity index (χ2v) is 6.00. The van der Waals surface area contributed by atoms with E-state index in [9.17, 15) is 9.90 Å². The van der Waals surface area contributed by atoms with Crippen molar-refractivity contribution in [1.29, 1.82) is 0 Å². The van der Waals surface area contributed by atoms with Gasteiger partial charge in [0, 0.05) is 10.9 Å². The molecule has 2 heterocycles. The first-order chi connectivity index (χ1) is 13.5. The smallest absolute Gasteiger partial charge is 0.354 e. The molecule has 8 nitrogen and oxygen atoms in total. The van der Waals surface area contributed by atoms with Crippen LogP contribution in [0.2, 0.25) is 0 Å². The third kappa shape index (κ3) is 2.79. The zero-order valence-electron chi connectivity index (χ0n) is 15.4. The number of rotatable bonds is 5. The van der Waals surface area contributed by atoms with Gasteiger partial charge in [0.1, 0.15) is 5.69 Å². The number of carboxylic acids is 1. The molecule has 1 aromatic heterocycles. The van der Waals surface area contributed by atoms with E-state index in [0.717, 1.165) is 0 Å². The highest BCUT2D eigenvalue weighted by Gasteiger charge is 2.21. The molecule has 0 aliphatic carbocycles. The van der Waals surface area contributed by atoms with E-state index >= 15 is 0 Å². The number of fused-ring (bicyclic) bond motifs is 2. The predicted octanol–water partition coefficient (Wildman–Crippen LogP) is 3.35. The lowest BCUT2D eigenvalue weighted by Gasteiger charge is -2.15. The second-order valence-electron chi connectivity index (χ2n) is 6.00. The molecular formula is C20H17NO7. The highest BCUT2D eigenvalue weighted by atomic mass is 16.7. The van der Waals surface area contributed by atoms with Crippen LogP contribution in [-0.2, 0) is 0 Å². The lowest BCUT2D eigenvalue weighted by atomic mass is 10.0. The summed E-state index contributed by atoms with van der Waals surface area (Å²) in [5, 5.41) is 10.9. The van der Waals surface area contributed by atoms with Gasteiger partial charge in [-0.15, -0.1) is 0 Å². The molecule has 2 aromatic carbocycles. The number of hydrogen-bond donors (Lipinski definition) is 1. The van der Waals surface area contributed by atoms with E-state index in [0.29, 0.717) is 50.8 Å². The summed E-state index contributed by atoms with van der Waals surface area (Å²) < 4.78 is 27.1. The van der Waals surface area contributed by atoms with Crippen molar-refractivity contribution in [3.63, 3.8) is 0 Å². The van der Waals surface area contributed by atoms with Crippen LogP contribution in [0.15, 0.2) is 30.3 Å². The lowest BCUT2D eigenvalue weighted by Crippen LogP contribution is -2.03. The zero-order chi connectivity index (χ0) is 19.8. The summed E-state index contributed by atoms with van der Waals surface area (Å²) in [5.74, 6) is 1.32. The van der Waals surface area contributed by atoms with Crippen LogP contribution in [0.3, 0.4) is 0 Å². The standard InChI is InChI=1S/C20H17NO7/c1-24-16-6-11(7-17(25-2)19(16)26-3)18-12-8-15-14(27-9-28-15)5-10(12)4-13(21-18)20(22)23/h4-8H,9H2,1-3H3,(H,22,23). The van der Waals surface area contributed by atoms with Crippen LogP contribution >= 0.6 is 0 Å². The molecule has 0 spiro atoms. The van der Waals surface area contributed by atoms with Gasteiger partial charge in [-0.2, -0.15) is 0 Å². The minimum absolute atomic E-state index is 0.0879. The maximum absolute atomic E-state index is 11.6. The van der Waals surface area contributed by atoms with Crippen molar-refractivity contribution in [1.82, 2.24) is 4.98 Å². The van der Waals surface area contributed by atoms with Gasteiger partial charge in [0.15, 0.2) is 23.0 Å². The van der Waals surface area contributed by atoms with E-state index in [1.165, 1.54) is 27.4 Å². The molecule has 1 aliphatic rings. The molecule has 0 atom stereocenters. The van der Waals surface area contributed by atoms with E-state index in [1.807, 2.05) is 0 Å². The maximum atomic E-state index is 11.6. The van der Waals surface area contributed by atoms with Gasteiger partial charge >= 0.3 is 5.97 Å². The summed E-state index contributed by atoms with van der Waals surface area (Å²) >= 11 is 0. The normalized spacial score (nSPS) is 12.1. The number of aromatic nitrogens is 1. The maximum Gasteiger partial charge on any atom is 0.354 e. The SMILES string of the molecule is COc1cc(-c2nc(C(=O)O)cc3cc4c(cc23)OCO4)cc(OC)c1OC. The first-order valence-corrected chi connectivity index (χ1v) is 8.33. The topological polar surface area (TPSA) is 96.3 Å². The van der Waals surface area contributed by atoms with Crippen LogP contribution in [0.4, 0.5) is 0 Å². The molecule has 0 fully saturated rings. The molecule has 4 rings (SSSR count). The van der Waals surface area contributed by atoms with E-state index in [2.05, 4.69) is 4.98 Å². The average molecular weight is 383 g/mol. The third-order valence-electron chi connectivity index (χ3n) is 4.48. The molecule has 8 heteroatoms. The number of methoxy groups -OCH3 is 3. The number of benzene rings is 2. The molecule has 1 aliphatic heterocycles. The fourth-order valence-corrected chi connectivity index (χ4v) is 3.19. The summed E-state index contributed by atoms with van der Waals surface area (Å²) in [6.45, 7) is 0.115. The second kappa shape index (κ2) is 6.80. The van der Waals surface area contributed by atoms with Gasteiger partial charge < -0.3 is 28.8 Å². The van der Waals surface area contributed by atoms with E-state index in [-0.39, 0.29) is 12.5 Å². The number of carbonyl (C=O) groups is 1. The summed E-state index contributed by atoms with van der Waals surface area (Å²) in [6.07, 6.45) is 0. The number of carboxylic acid groups (broad SMARTS) is 1. The largest absolute Gasteiger partial charge is 0.493 e. The van der Waals surface area contributed by atoms with Crippen LogP contribution in [-0.4, -0.2) is 44.2 Å². The molecule has 0 amide bonds. The Bertz CT molecular complexity index is 1070. The van der Waals surface area contributed by atoms with E-state index < -0.39 is 5.97 Å². The van der Waals surface area contributed by atoms with E-state index in [1.54, 1.807) is 24.3 Å². The monoisotopic (exact) mass is 383 g/mol. The molecule has 3 aromatic rings. The fraction of sp³-hybridized carbons (Fsp3) is 0.200. The Morgan fingerprint density at radius 1 is 0.964 bits per heavy atom. The van der Waals surface area contributed by atoms with Gasteiger partial charge in [-0.3, -0.25) is 0 Å². The number of hydrogen-bond acceptors (Lipinski definition) is 7. The Balaban J connectivity index is 2.03. The summed E-state index contributed by atoms with van der Waals surface area (Å²) in [4.78, 5) is 16.0. The van der Waals surface area contributed by atoms with Crippen molar-refractivity contribution >= 4 is 16.7 Å². The van der Waals surface area contributed by atoms with Crippen molar-refractivity contribution < 1.29 is 33.6 Å². The zero-order valence-corrected chi connectivity index (χ0v) is 15.4. The molecule has 0 saturated carbocycles. The number of pyridine rings is 1. The highest BCUT2D eigenvalue weighted by molar-refractivity contribution is 6.01. The number of ether oxygens (including phenoxy) is 5. The average Bonchev–Trinajstić information content (AvgIpc) is 3.17. The number of aromatic carboxylic acids is 1. The van der Waals surface area contributed by atoms with Gasteiger partial charge in [0.2, 0.25) is 12.5 Å². The van der Waals surface area contributed by atoms with Crippen molar-refractivity contribution in [3.8, 4) is 40.0 Å². The van der Waals surface area contributed by atoms with Crippen molar-refractivity contribution in [2.75, 3.05) is 28.1 Å². The Labute approximate surface area is 160 Å². The minimum atomic E-state index is -1.13. The molecule has 0 saturated heterocycles. The van der Waals surface area contributed by atoms with Crippen LogP contribution < -0.4 is 23.7 Å². The van der Waals surface area contributed by atoms with Gasteiger partial charge in [-0.05, 0) is 35.7 Å². The van der Waals surface area contributed by atoms with Crippen molar-refractivity contribution in [2.45, 2.75) is 0 Å².